The summed E-state index contributed by atoms with van der Waals surface area (Å²) in [5.41, 5.74) is 0.617. The van der Waals surface area contributed by atoms with Gasteiger partial charge in [-0.2, -0.15) is 0 Å². The minimum absolute atomic E-state index is 0.0925. The molecule has 3 rings (SSSR count). The standard InChI is InChI=1S/C16H15IN4O4/c17-12-2-4-15(18-10-12)19-16(22)11-1-3-13(14(9-11)21(23)24)20-5-7-25-8-6-20/h1-4,9-10H,5-8H2,(H,18,19,22). The van der Waals surface area contributed by atoms with Gasteiger partial charge < -0.3 is 15.0 Å². The molecule has 1 aliphatic rings. The van der Waals surface area contributed by atoms with Crippen LogP contribution in [0.3, 0.4) is 0 Å². The number of aromatic nitrogens is 1. The van der Waals surface area contributed by atoms with E-state index in [1.807, 2.05) is 11.0 Å². The number of nitrogens with zero attached hydrogens (tertiary/aromatic N) is 3. The number of pyridine rings is 1. The van der Waals surface area contributed by atoms with Gasteiger partial charge in [-0.1, -0.05) is 0 Å². The van der Waals surface area contributed by atoms with Gasteiger partial charge in [0.25, 0.3) is 11.6 Å². The lowest BCUT2D eigenvalue weighted by Crippen LogP contribution is -2.36. The van der Waals surface area contributed by atoms with Crippen molar-refractivity contribution in [2.75, 3.05) is 36.5 Å². The molecular formula is C16H15IN4O4. The lowest BCUT2D eigenvalue weighted by atomic mass is 10.1. The second kappa shape index (κ2) is 7.74. The molecule has 0 saturated carbocycles. The number of anilines is 2. The second-order valence-electron chi connectivity index (χ2n) is 5.38. The molecular weight excluding hydrogens is 439 g/mol. The molecule has 1 aliphatic heterocycles. The van der Waals surface area contributed by atoms with E-state index in [-0.39, 0.29) is 11.3 Å². The number of nitro benzene ring substituents is 1. The molecule has 1 saturated heterocycles. The van der Waals surface area contributed by atoms with Gasteiger partial charge in [0.2, 0.25) is 0 Å². The molecule has 0 spiro atoms. The van der Waals surface area contributed by atoms with E-state index < -0.39 is 10.8 Å². The summed E-state index contributed by atoms with van der Waals surface area (Å²) in [6, 6.07) is 7.98. The van der Waals surface area contributed by atoms with Crippen LogP contribution in [-0.4, -0.2) is 42.1 Å². The molecule has 0 radical (unpaired) electrons. The van der Waals surface area contributed by atoms with Crippen LogP contribution in [0.5, 0.6) is 0 Å². The summed E-state index contributed by atoms with van der Waals surface area (Å²) in [6.45, 7) is 2.22. The summed E-state index contributed by atoms with van der Waals surface area (Å²) in [7, 11) is 0. The van der Waals surface area contributed by atoms with Crippen LogP contribution >= 0.6 is 22.6 Å². The zero-order chi connectivity index (χ0) is 17.8. The van der Waals surface area contributed by atoms with Crippen LogP contribution in [-0.2, 0) is 4.74 Å². The molecule has 1 N–H and O–H groups in total. The van der Waals surface area contributed by atoms with Crippen molar-refractivity contribution in [3.63, 3.8) is 0 Å². The third-order valence-electron chi connectivity index (χ3n) is 3.76. The maximum atomic E-state index is 12.4. The molecule has 25 heavy (non-hydrogen) atoms. The monoisotopic (exact) mass is 454 g/mol. The molecule has 130 valence electrons. The van der Waals surface area contributed by atoms with E-state index in [9.17, 15) is 14.9 Å². The van der Waals surface area contributed by atoms with Crippen LogP contribution in [0, 0.1) is 13.7 Å². The molecule has 2 aromatic rings. The van der Waals surface area contributed by atoms with Crippen LogP contribution in [0.15, 0.2) is 36.5 Å². The number of halogens is 1. The smallest absolute Gasteiger partial charge is 0.293 e. The number of morpholine rings is 1. The van der Waals surface area contributed by atoms with Crippen LogP contribution in [0.1, 0.15) is 10.4 Å². The Labute approximate surface area is 157 Å². The van der Waals surface area contributed by atoms with Gasteiger partial charge in [-0.05, 0) is 46.9 Å². The molecule has 0 unspecified atom stereocenters. The van der Waals surface area contributed by atoms with Gasteiger partial charge >= 0.3 is 0 Å². The van der Waals surface area contributed by atoms with Gasteiger partial charge in [-0.3, -0.25) is 14.9 Å². The lowest BCUT2D eigenvalue weighted by Gasteiger charge is -2.28. The maximum Gasteiger partial charge on any atom is 0.293 e. The predicted octanol–water partition coefficient (Wildman–Crippen LogP) is 2.68. The van der Waals surface area contributed by atoms with Crippen molar-refractivity contribution in [2.24, 2.45) is 0 Å². The molecule has 0 atom stereocenters. The van der Waals surface area contributed by atoms with Gasteiger partial charge in [0.05, 0.1) is 18.1 Å². The van der Waals surface area contributed by atoms with Gasteiger partial charge in [0.15, 0.2) is 0 Å². The summed E-state index contributed by atoms with van der Waals surface area (Å²) < 4.78 is 6.22. The Morgan fingerprint density at radius 2 is 2.04 bits per heavy atom. The highest BCUT2D eigenvalue weighted by Gasteiger charge is 2.23. The number of ether oxygens (including phenoxy) is 1. The molecule has 0 aliphatic carbocycles. The number of nitro groups is 1. The summed E-state index contributed by atoms with van der Waals surface area (Å²) in [4.78, 5) is 29.3. The van der Waals surface area contributed by atoms with E-state index in [0.717, 1.165) is 3.57 Å². The number of rotatable bonds is 4. The van der Waals surface area contributed by atoms with Gasteiger partial charge in [-0.15, -0.1) is 0 Å². The Morgan fingerprint density at radius 3 is 2.68 bits per heavy atom. The normalized spacial score (nSPS) is 14.2. The number of benzene rings is 1. The van der Waals surface area contributed by atoms with Crippen molar-refractivity contribution >= 4 is 45.7 Å². The molecule has 8 nitrogen and oxygen atoms in total. The Morgan fingerprint density at radius 1 is 1.28 bits per heavy atom. The van der Waals surface area contributed by atoms with Crippen LogP contribution in [0.4, 0.5) is 17.2 Å². The first-order valence-electron chi connectivity index (χ1n) is 7.58. The average Bonchev–Trinajstić information content (AvgIpc) is 2.63. The minimum Gasteiger partial charge on any atom is -0.378 e. The zero-order valence-electron chi connectivity index (χ0n) is 13.1. The van der Waals surface area contributed by atoms with Crippen molar-refractivity contribution in [1.82, 2.24) is 4.98 Å². The Hall–Kier alpha value is -2.27. The predicted molar refractivity (Wildman–Crippen MR) is 101 cm³/mol. The minimum atomic E-state index is -0.468. The zero-order valence-corrected chi connectivity index (χ0v) is 15.3. The Balaban J connectivity index is 1.84. The Bertz CT molecular complexity index is 791. The first-order chi connectivity index (χ1) is 12.0. The SMILES string of the molecule is O=C(Nc1ccc(I)cn1)c1ccc(N2CCOCC2)c([N+](=O)[O-])c1. The topological polar surface area (TPSA) is 97.6 Å². The number of hydrogen-bond acceptors (Lipinski definition) is 6. The maximum absolute atomic E-state index is 12.4. The molecule has 1 fully saturated rings. The van der Waals surface area contributed by atoms with Crippen molar-refractivity contribution in [2.45, 2.75) is 0 Å². The fraction of sp³-hybridized carbons (Fsp3) is 0.250. The largest absolute Gasteiger partial charge is 0.378 e. The molecule has 1 aromatic heterocycles. The highest BCUT2D eigenvalue weighted by molar-refractivity contribution is 14.1. The fourth-order valence-electron chi connectivity index (χ4n) is 2.52. The Kier molecular flexibility index (Phi) is 5.43. The molecule has 1 aromatic carbocycles. The number of carbonyl (C=O) groups is 1. The quantitative estimate of drug-likeness (QED) is 0.434. The first kappa shape index (κ1) is 17.5. The number of amides is 1. The van der Waals surface area contributed by atoms with E-state index in [4.69, 9.17) is 4.74 Å². The summed E-state index contributed by atoms with van der Waals surface area (Å²) >= 11 is 2.11. The third-order valence-corrected chi connectivity index (χ3v) is 4.39. The lowest BCUT2D eigenvalue weighted by molar-refractivity contribution is -0.384. The summed E-state index contributed by atoms with van der Waals surface area (Å²) in [5.74, 6) is -0.0457. The number of nitrogens with one attached hydrogen (secondary N) is 1. The first-order valence-corrected chi connectivity index (χ1v) is 8.66. The van der Waals surface area contributed by atoms with E-state index in [1.165, 1.54) is 6.07 Å². The summed E-state index contributed by atoms with van der Waals surface area (Å²) in [5, 5.41) is 14.1. The van der Waals surface area contributed by atoms with Crippen molar-refractivity contribution in [3.8, 4) is 0 Å². The molecule has 0 bridgehead atoms. The third kappa shape index (κ3) is 4.23. The summed E-state index contributed by atoms with van der Waals surface area (Å²) in [6.07, 6.45) is 1.63. The van der Waals surface area contributed by atoms with E-state index in [2.05, 4.69) is 32.9 Å². The van der Waals surface area contributed by atoms with Crippen LogP contribution < -0.4 is 10.2 Å². The van der Waals surface area contributed by atoms with E-state index in [0.29, 0.717) is 37.8 Å². The van der Waals surface area contributed by atoms with Crippen LogP contribution in [0.2, 0.25) is 0 Å². The average molecular weight is 454 g/mol. The number of carbonyl (C=O) groups excluding carboxylic acids is 1. The van der Waals surface area contributed by atoms with Gasteiger partial charge in [0.1, 0.15) is 11.5 Å². The van der Waals surface area contributed by atoms with Gasteiger partial charge in [0, 0.05) is 34.5 Å². The van der Waals surface area contributed by atoms with Crippen LogP contribution in [0.25, 0.3) is 0 Å². The number of hydrogen-bond donors (Lipinski definition) is 1. The van der Waals surface area contributed by atoms with Crippen molar-refractivity contribution in [1.29, 1.82) is 0 Å². The highest BCUT2D eigenvalue weighted by atomic mass is 127. The molecule has 9 heteroatoms. The van der Waals surface area contributed by atoms with E-state index in [1.54, 1.807) is 24.4 Å². The molecule has 1 amide bonds. The second-order valence-corrected chi connectivity index (χ2v) is 6.62. The van der Waals surface area contributed by atoms with Crippen molar-refractivity contribution in [3.05, 3.63) is 55.8 Å². The highest BCUT2D eigenvalue weighted by Crippen LogP contribution is 2.30. The van der Waals surface area contributed by atoms with E-state index >= 15 is 0 Å². The van der Waals surface area contributed by atoms with Gasteiger partial charge in [-0.25, -0.2) is 4.98 Å². The fourth-order valence-corrected chi connectivity index (χ4v) is 2.84. The molecule has 2 heterocycles. The van der Waals surface area contributed by atoms with Crippen molar-refractivity contribution < 1.29 is 14.5 Å².